The van der Waals surface area contributed by atoms with Crippen molar-refractivity contribution in [1.29, 1.82) is 0 Å². The summed E-state index contributed by atoms with van der Waals surface area (Å²) in [7, 11) is 0. The molecule has 1 saturated heterocycles. The van der Waals surface area contributed by atoms with Crippen LogP contribution in [0.4, 0.5) is 5.69 Å². The molecule has 2 rings (SSSR count). The van der Waals surface area contributed by atoms with Crippen molar-refractivity contribution in [1.82, 2.24) is 5.32 Å². The molecule has 3 heteroatoms. The Hall–Kier alpha value is -1.35. The molecule has 3 nitrogen and oxygen atoms in total. The summed E-state index contributed by atoms with van der Waals surface area (Å²) in [6.07, 6.45) is 3.31. The molecule has 1 fully saturated rings. The number of carbonyl (C=O) groups excluding carboxylic acids is 1. The number of hydrogen-bond acceptors (Lipinski definition) is 2. The molecule has 1 aliphatic heterocycles. The minimum absolute atomic E-state index is 0.0513. The molecule has 1 aromatic rings. The summed E-state index contributed by atoms with van der Waals surface area (Å²) < 4.78 is 0. The van der Waals surface area contributed by atoms with Crippen LogP contribution in [0.15, 0.2) is 24.3 Å². The number of aryl methyl sites for hydroxylation is 1. The number of carbonyl (C=O) groups is 1. The topological polar surface area (TPSA) is 41.1 Å². The quantitative estimate of drug-likeness (QED) is 0.860. The highest BCUT2D eigenvalue weighted by atomic mass is 16.2. The molecule has 0 spiro atoms. The predicted octanol–water partition coefficient (Wildman–Crippen LogP) is 2.58. The van der Waals surface area contributed by atoms with Crippen molar-refractivity contribution in [2.24, 2.45) is 5.92 Å². The van der Waals surface area contributed by atoms with Crippen LogP contribution in [0, 0.1) is 5.92 Å². The fourth-order valence-electron chi connectivity index (χ4n) is 2.44. The lowest BCUT2D eigenvalue weighted by Crippen LogP contribution is -2.48. The zero-order valence-electron chi connectivity index (χ0n) is 11.2. The van der Waals surface area contributed by atoms with Crippen LogP contribution in [0.3, 0.4) is 0 Å². The highest BCUT2D eigenvalue weighted by Gasteiger charge is 2.27. The van der Waals surface area contributed by atoms with Gasteiger partial charge in [-0.05, 0) is 49.4 Å². The number of hydrogen-bond donors (Lipinski definition) is 2. The minimum Gasteiger partial charge on any atom is -0.325 e. The van der Waals surface area contributed by atoms with Crippen LogP contribution in [0.2, 0.25) is 0 Å². The number of benzene rings is 1. The third-order valence-electron chi connectivity index (χ3n) is 3.68. The summed E-state index contributed by atoms with van der Waals surface area (Å²) in [5.41, 5.74) is 2.17. The molecule has 2 unspecified atom stereocenters. The third kappa shape index (κ3) is 3.10. The van der Waals surface area contributed by atoms with E-state index in [1.54, 1.807) is 0 Å². The molecule has 98 valence electrons. The highest BCUT2D eigenvalue weighted by molar-refractivity contribution is 5.95. The summed E-state index contributed by atoms with van der Waals surface area (Å²) >= 11 is 0. The smallest absolute Gasteiger partial charge is 0.241 e. The van der Waals surface area contributed by atoms with Crippen molar-refractivity contribution in [2.75, 3.05) is 11.9 Å². The Morgan fingerprint density at radius 3 is 2.72 bits per heavy atom. The van der Waals surface area contributed by atoms with Crippen molar-refractivity contribution in [3.05, 3.63) is 29.8 Å². The molecule has 0 aromatic heterocycles. The van der Waals surface area contributed by atoms with Gasteiger partial charge in [-0.25, -0.2) is 0 Å². The maximum absolute atomic E-state index is 12.2. The number of piperidine rings is 1. The maximum Gasteiger partial charge on any atom is 0.241 e. The van der Waals surface area contributed by atoms with Gasteiger partial charge in [-0.1, -0.05) is 26.0 Å². The van der Waals surface area contributed by atoms with E-state index in [4.69, 9.17) is 0 Å². The SMILES string of the molecule is CCc1ccc(NC(=O)C2NCCCC2C)cc1. The molecule has 2 N–H and O–H groups in total. The average molecular weight is 246 g/mol. The van der Waals surface area contributed by atoms with Gasteiger partial charge in [0.2, 0.25) is 5.91 Å². The molecule has 2 atom stereocenters. The molecule has 18 heavy (non-hydrogen) atoms. The van der Waals surface area contributed by atoms with E-state index in [1.165, 1.54) is 5.56 Å². The zero-order chi connectivity index (χ0) is 13.0. The second-order valence-electron chi connectivity index (χ2n) is 5.09. The van der Waals surface area contributed by atoms with E-state index >= 15 is 0 Å². The van der Waals surface area contributed by atoms with Crippen LogP contribution < -0.4 is 10.6 Å². The lowest BCUT2D eigenvalue weighted by molar-refractivity contribution is -0.119. The molecule has 0 saturated carbocycles. The lowest BCUT2D eigenvalue weighted by atomic mass is 9.92. The first kappa shape index (κ1) is 13.1. The van der Waals surface area contributed by atoms with E-state index in [0.29, 0.717) is 5.92 Å². The summed E-state index contributed by atoms with van der Waals surface area (Å²) in [5, 5.41) is 6.29. The van der Waals surface area contributed by atoms with Gasteiger partial charge in [-0.15, -0.1) is 0 Å². The van der Waals surface area contributed by atoms with Gasteiger partial charge in [0.25, 0.3) is 0 Å². The predicted molar refractivity (Wildman–Crippen MR) is 74.6 cm³/mol. The van der Waals surface area contributed by atoms with Crippen LogP contribution in [0.1, 0.15) is 32.3 Å². The summed E-state index contributed by atoms with van der Waals surface area (Å²) in [6, 6.07) is 8.03. The molecule has 1 aliphatic rings. The van der Waals surface area contributed by atoms with Gasteiger partial charge in [0.15, 0.2) is 0 Å². The average Bonchev–Trinajstić information content (AvgIpc) is 2.40. The fraction of sp³-hybridized carbons (Fsp3) is 0.533. The first-order valence-electron chi connectivity index (χ1n) is 6.84. The maximum atomic E-state index is 12.2. The molecule has 0 bridgehead atoms. The molecule has 0 radical (unpaired) electrons. The van der Waals surface area contributed by atoms with Gasteiger partial charge in [0.1, 0.15) is 0 Å². The Morgan fingerprint density at radius 2 is 2.11 bits per heavy atom. The monoisotopic (exact) mass is 246 g/mol. The summed E-state index contributed by atoms with van der Waals surface area (Å²) in [5.74, 6) is 0.500. The van der Waals surface area contributed by atoms with Crippen LogP contribution in [-0.2, 0) is 11.2 Å². The van der Waals surface area contributed by atoms with Crippen molar-refractivity contribution < 1.29 is 4.79 Å². The Morgan fingerprint density at radius 1 is 1.39 bits per heavy atom. The highest BCUT2D eigenvalue weighted by Crippen LogP contribution is 2.17. The van der Waals surface area contributed by atoms with Crippen molar-refractivity contribution in [2.45, 2.75) is 39.2 Å². The van der Waals surface area contributed by atoms with Crippen LogP contribution in [0.25, 0.3) is 0 Å². The van der Waals surface area contributed by atoms with E-state index in [0.717, 1.165) is 31.5 Å². The minimum atomic E-state index is -0.0513. The number of amides is 1. The number of nitrogens with one attached hydrogen (secondary N) is 2. The van der Waals surface area contributed by atoms with Gasteiger partial charge in [0, 0.05) is 5.69 Å². The van der Waals surface area contributed by atoms with Gasteiger partial charge in [-0.3, -0.25) is 4.79 Å². The van der Waals surface area contributed by atoms with Gasteiger partial charge < -0.3 is 10.6 Å². The lowest BCUT2D eigenvalue weighted by Gasteiger charge is -2.28. The molecular formula is C15H22N2O. The molecule has 0 aliphatic carbocycles. The summed E-state index contributed by atoms with van der Waals surface area (Å²) in [6.45, 7) is 5.20. The number of anilines is 1. The van der Waals surface area contributed by atoms with Crippen LogP contribution >= 0.6 is 0 Å². The molecule has 1 aromatic carbocycles. The first-order chi connectivity index (χ1) is 8.70. The zero-order valence-corrected chi connectivity index (χ0v) is 11.2. The second-order valence-corrected chi connectivity index (χ2v) is 5.09. The van der Waals surface area contributed by atoms with Gasteiger partial charge in [0.05, 0.1) is 6.04 Å². The normalized spacial score (nSPS) is 23.7. The van der Waals surface area contributed by atoms with E-state index in [9.17, 15) is 4.79 Å². The standard InChI is InChI=1S/C15H22N2O/c1-3-12-6-8-13(9-7-12)17-15(18)14-11(2)5-4-10-16-14/h6-9,11,14,16H,3-5,10H2,1-2H3,(H,17,18). The van der Waals surface area contributed by atoms with Crippen LogP contribution in [0.5, 0.6) is 0 Å². The van der Waals surface area contributed by atoms with E-state index < -0.39 is 0 Å². The van der Waals surface area contributed by atoms with Crippen molar-refractivity contribution >= 4 is 11.6 Å². The van der Waals surface area contributed by atoms with Crippen molar-refractivity contribution in [3.63, 3.8) is 0 Å². The third-order valence-corrected chi connectivity index (χ3v) is 3.68. The van der Waals surface area contributed by atoms with E-state index in [1.807, 2.05) is 12.1 Å². The summed E-state index contributed by atoms with van der Waals surface area (Å²) in [4.78, 5) is 12.2. The number of rotatable bonds is 3. The Bertz CT molecular complexity index is 399. The Labute approximate surface area is 109 Å². The van der Waals surface area contributed by atoms with Gasteiger partial charge in [-0.2, -0.15) is 0 Å². The van der Waals surface area contributed by atoms with Crippen LogP contribution in [-0.4, -0.2) is 18.5 Å². The van der Waals surface area contributed by atoms with E-state index in [-0.39, 0.29) is 11.9 Å². The fourth-order valence-corrected chi connectivity index (χ4v) is 2.44. The van der Waals surface area contributed by atoms with E-state index in [2.05, 4.69) is 36.6 Å². The Kier molecular flexibility index (Phi) is 4.37. The molecular weight excluding hydrogens is 224 g/mol. The Balaban J connectivity index is 1.97. The molecule has 1 amide bonds. The molecule has 1 heterocycles. The van der Waals surface area contributed by atoms with Crippen molar-refractivity contribution in [3.8, 4) is 0 Å². The second kappa shape index (κ2) is 6.01. The first-order valence-corrected chi connectivity index (χ1v) is 6.84. The largest absolute Gasteiger partial charge is 0.325 e. The van der Waals surface area contributed by atoms with Gasteiger partial charge >= 0.3 is 0 Å².